The van der Waals surface area contributed by atoms with E-state index in [4.69, 9.17) is 15.1 Å². The molecule has 4 saturated heterocycles. The Labute approximate surface area is 371 Å². The van der Waals surface area contributed by atoms with Gasteiger partial charge in [-0.05, 0) is 122 Å². The number of anilines is 1. The number of hydrogen-bond acceptors (Lipinski definition) is 11. The Morgan fingerprint density at radius 2 is 1.55 bits per heavy atom. The van der Waals surface area contributed by atoms with Crippen LogP contribution >= 0.6 is 0 Å². The summed E-state index contributed by atoms with van der Waals surface area (Å²) in [6.45, 7) is 10.2. The molecule has 8 heterocycles. The van der Waals surface area contributed by atoms with Crippen LogP contribution in [0.2, 0.25) is 0 Å². The van der Waals surface area contributed by atoms with E-state index in [0.717, 1.165) is 131 Å². The highest BCUT2D eigenvalue weighted by Gasteiger charge is 2.32. The second-order valence-corrected chi connectivity index (χ2v) is 18.3. The number of nitrogens with zero attached hydrogens (tertiary/aromatic N) is 8. The molecule has 4 fully saturated rings. The van der Waals surface area contributed by atoms with E-state index in [1.807, 2.05) is 65.8 Å². The molecule has 3 amide bonds. The second kappa shape index (κ2) is 17.8. The summed E-state index contributed by atoms with van der Waals surface area (Å²) in [5, 5.41) is 3.45. The number of fused-ring (bicyclic) bond motifs is 2. The van der Waals surface area contributed by atoms with E-state index in [2.05, 4.69) is 54.8 Å². The lowest BCUT2D eigenvalue weighted by Gasteiger charge is -2.39. The summed E-state index contributed by atoms with van der Waals surface area (Å²) in [5.74, 6) is 0.335. The number of carbonyl (C=O) groups is 3. The van der Waals surface area contributed by atoms with Crippen LogP contribution in [0, 0.1) is 5.92 Å². The smallest absolute Gasteiger partial charge is 0.408 e. The number of nitrogens with one attached hydrogen (secondary N) is 1. The molecule has 6 aromatic rings. The van der Waals surface area contributed by atoms with Crippen molar-refractivity contribution in [2.24, 2.45) is 13.0 Å². The van der Waals surface area contributed by atoms with Crippen molar-refractivity contribution in [2.45, 2.75) is 63.6 Å². The van der Waals surface area contributed by atoms with Crippen molar-refractivity contribution in [1.29, 1.82) is 0 Å². The Hall–Kier alpha value is -6.16. The van der Waals surface area contributed by atoms with Gasteiger partial charge in [0.25, 0.3) is 5.91 Å². The highest BCUT2D eigenvalue weighted by atomic mass is 16.4. The van der Waals surface area contributed by atoms with E-state index in [1.165, 1.54) is 15.8 Å². The van der Waals surface area contributed by atoms with Crippen molar-refractivity contribution in [3.63, 3.8) is 0 Å². The quantitative estimate of drug-likeness (QED) is 0.175. The minimum atomic E-state index is -0.750. The maximum absolute atomic E-state index is 13.6. The predicted molar refractivity (Wildman–Crippen MR) is 244 cm³/mol. The molecule has 1 unspecified atom stereocenters. The largest absolute Gasteiger partial charge is 0.420 e. The molecule has 4 aromatic heterocycles. The average Bonchev–Trinajstić information content (AvgIpc) is 3.81. The van der Waals surface area contributed by atoms with Crippen LogP contribution in [-0.4, -0.2) is 115 Å². The highest BCUT2D eigenvalue weighted by molar-refractivity contribution is 6.00. The first-order valence-corrected chi connectivity index (χ1v) is 22.8. The van der Waals surface area contributed by atoms with Gasteiger partial charge in [0, 0.05) is 107 Å². The van der Waals surface area contributed by atoms with Crippen LogP contribution in [0.15, 0.2) is 88.3 Å². The van der Waals surface area contributed by atoms with Gasteiger partial charge in [-0.1, -0.05) is 18.2 Å². The Morgan fingerprint density at radius 3 is 2.28 bits per heavy atom. The molecule has 10 rings (SSSR count). The van der Waals surface area contributed by atoms with E-state index in [-0.39, 0.29) is 24.7 Å². The van der Waals surface area contributed by atoms with Crippen LogP contribution in [0.25, 0.3) is 33.3 Å². The van der Waals surface area contributed by atoms with Gasteiger partial charge < -0.3 is 24.5 Å². The Balaban J connectivity index is 0.658. The van der Waals surface area contributed by atoms with Gasteiger partial charge in [0.15, 0.2) is 5.58 Å². The molecule has 4 aliphatic rings. The topological polar surface area (TPSA) is 168 Å². The molecule has 332 valence electrons. The Kier molecular flexibility index (Phi) is 11.6. The summed E-state index contributed by atoms with van der Waals surface area (Å²) in [5.41, 5.74) is 14.4. The monoisotopic (exact) mass is 864 g/mol. The highest BCUT2D eigenvalue weighted by Crippen LogP contribution is 2.33. The zero-order valence-electron chi connectivity index (χ0n) is 36.5. The second-order valence-electron chi connectivity index (χ2n) is 18.3. The molecular weight excluding hydrogens is 809 g/mol. The van der Waals surface area contributed by atoms with Crippen LogP contribution in [0.5, 0.6) is 0 Å². The number of piperazine rings is 1. The number of amides is 3. The predicted octanol–water partition coefficient (Wildman–Crippen LogP) is 5.15. The number of hydrogen-bond donors (Lipinski definition) is 2. The molecule has 4 aliphatic heterocycles. The molecule has 1 atom stereocenters. The minimum Gasteiger partial charge on any atom is -0.408 e. The summed E-state index contributed by atoms with van der Waals surface area (Å²) in [7, 11) is 2.10. The van der Waals surface area contributed by atoms with E-state index < -0.39 is 17.7 Å². The molecule has 2 aromatic carbocycles. The zero-order chi connectivity index (χ0) is 43.9. The van der Waals surface area contributed by atoms with Gasteiger partial charge in [-0.25, -0.2) is 14.8 Å². The van der Waals surface area contributed by atoms with Gasteiger partial charge in [-0.15, -0.1) is 0 Å². The average molecular weight is 865 g/mol. The van der Waals surface area contributed by atoms with Crippen LogP contribution in [0.1, 0.15) is 77.7 Å². The molecule has 0 bridgehead atoms. The van der Waals surface area contributed by atoms with Crippen molar-refractivity contribution >= 4 is 45.7 Å². The first-order valence-electron chi connectivity index (χ1n) is 22.8. The third kappa shape index (κ3) is 8.59. The summed E-state index contributed by atoms with van der Waals surface area (Å²) < 4.78 is 9.14. The first kappa shape index (κ1) is 41.8. The van der Waals surface area contributed by atoms with Crippen molar-refractivity contribution in [2.75, 3.05) is 64.6 Å². The van der Waals surface area contributed by atoms with Crippen molar-refractivity contribution in [3.05, 3.63) is 112 Å². The fraction of sp³-hybridized carbons (Fsp3) is 0.429. The maximum Gasteiger partial charge on any atom is 0.420 e. The van der Waals surface area contributed by atoms with E-state index in [0.29, 0.717) is 28.8 Å². The number of rotatable bonds is 10. The van der Waals surface area contributed by atoms with Crippen LogP contribution in [0.3, 0.4) is 0 Å². The number of piperidine rings is 3. The molecule has 0 radical (unpaired) electrons. The number of benzene rings is 2. The zero-order valence-corrected chi connectivity index (χ0v) is 36.5. The standard InChI is InChI=1S/C49H56N10O5/c1-54-38(27-40-39(12-17-51-46(40)54)37-7-10-44(50)52-28-37)31-55-18-15-35(16-19-55)34-3-5-36(6-4-34)48(62)58-20-13-32(14-21-58)29-56-22-24-57(25-23-56)30-33-2-8-41-43(26-33)64-49(63)59(41)42-9-11-45(60)53-47(42)61/h2-8,10,12,17,26-28,32,35,42H,9,11,13-16,18-25,29-31H2,1H3,(H2,50,52)(H,53,60,61). The number of nitrogens with two attached hydrogens (primary N) is 1. The number of pyridine rings is 2. The maximum atomic E-state index is 13.6. The molecule has 15 nitrogen and oxygen atoms in total. The number of nitrogen functional groups attached to an aromatic ring is 1. The fourth-order valence-corrected chi connectivity index (χ4v) is 10.4. The van der Waals surface area contributed by atoms with Gasteiger partial charge in [0.1, 0.15) is 17.5 Å². The van der Waals surface area contributed by atoms with E-state index >= 15 is 0 Å². The normalized spacial score (nSPS) is 20.1. The Morgan fingerprint density at radius 1 is 0.797 bits per heavy atom. The third-order valence-electron chi connectivity index (χ3n) is 14.2. The van der Waals surface area contributed by atoms with E-state index in [1.54, 1.807) is 0 Å². The molecule has 64 heavy (non-hydrogen) atoms. The van der Waals surface area contributed by atoms with Crippen LogP contribution in [-0.2, 0) is 29.7 Å². The summed E-state index contributed by atoms with van der Waals surface area (Å²) in [6, 6.07) is 21.6. The number of imide groups is 1. The van der Waals surface area contributed by atoms with Gasteiger partial charge in [0.2, 0.25) is 11.8 Å². The summed E-state index contributed by atoms with van der Waals surface area (Å²) in [6.07, 6.45) is 8.36. The SMILES string of the molecule is Cn1c(CN2CCC(c3ccc(C(=O)N4CCC(CN5CCN(Cc6ccc7c(c6)oc(=O)n7C6CCC(=O)NC6=O)CC5)CC4)cc3)CC2)cc2c(-c3ccc(N)nc3)ccnc21. The summed E-state index contributed by atoms with van der Waals surface area (Å²) >= 11 is 0. The van der Waals surface area contributed by atoms with Crippen molar-refractivity contribution < 1.29 is 18.8 Å². The first-order chi connectivity index (χ1) is 31.1. The van der Waals surface area contributed by atoms with Crippen LogP contribution < -0.4 is 16.8 Å². The number of oxazole rings is 1. The van der Waals surface area contributed by atoms with Gasteiger partial charge in [-0.2, -0.15) is 0 Å². The molecular formula is C49H56N10O5. The van der Waals surface area contributed by atoms with Gasteiger partial charge >= 0.3 is 5.76 Å². The van der Waals surface area contributed by atoms with Gasteiger partial charge in [-0.3, -0.25) is 34.1 Å². The fourth-order valence-electron chi connectivity index (χ4n) is 10.4. The molecule has 0 spiro atoms. The molecule has 3 N–H and O–H groups in total. The molecule has 15 heteroatoms. The number of aryl methyl sites for hydroxylation is 1. The Bertz CT molecular complexity index is 2730. The number of likely N-dealkylation sites (tertiary alicyclic amines) is 2. The third-order valence-corrected chi connectivity index (χ3v) is 14.2. The number of carbonyl (C=O) groups excluding carboxylic acids is 3. The minimum absolute atomic E-state index is 0.138. The van der Waals surface area contributed by atoms with E-state index in [9.17, 15) is 19.2 Å². The van der Waals surface area contributed by atoms with Crippen molar-refractivity contribution in [3.8, 4) is 11.1 Å². The lowest BCUT2D eigenvalue weighted by atomic mass is 9.88. The van der Waals surface area contributed by atoms with Crippen LogP contribution in [0.4, 0.5) is 5.82 Å². The lowest BCUT2D eigenvalue weighted by molar-refractivity contribution is -0.135. The summed E-state index contributed by atoms with van der Waals surface area (Å²) in [4.78, 5) is 69.0. The lowest BCUT2D eigenvalue weighted by Crippen LogP contribution is -2.48. The van der Waals surface area contributed by atoms with Crippen molar-refractivity contribution in [1.82, 2.24) is 44.0 Å². The number of aromatic nitrogens is 4. The van der Waals surface area contributed by atoms with Gasteiger partial charge in [0.05, 0.1) is 5.52 Å². The molecule has 0 saturated carbocycles. The molecule has 0 aliphatic carbocycles.